The second kappa shape index (κ2) is 7.23. The Morgan fingerprint density at radius 3 is 2.10 bits per heavy atom. The molecule has 0 radical (unpaired) electrons. The molecule has 4 rings (SSSR count). The summed E-state index contributed by atoms with van der Waals surface area (Å²) in [6.45, 7) is 1.02. The van der Waals surface area contributed by atoms with E-state index in [1.54, 1.807) is 30.3 Å². The predicted octanol–water partition coefficient (Wildman–Crippen LogP) is 3.34. The average Bonchev–Trinajstić information content (AvgIpc) is 3.11. The van der Waals surface area contributed by atoms with Gasteiger partial charge < -0.3 is 14.7 Å². The van der Waals surface area contributed by atoms with E-state index in [2.05, 4.69) is 0 Å². The Morgan fingerprint density at radius 2 is 1.55 bits per heavy atom. The number of ether oxygens (including phenoxy) is 1. The predicted molar refractivity (Wildman–Crippen MR) is 108 cm³/mol. The fourth-order valence-electron chi connectivity index (χ4n) is 3.40. The highest BCUT2D eigenvalue weighted by Gasteiger charge is 2.28. The number of carbonyl (C=O) groups is 1. The lowest BCUT2D eigenvalue weighted by Gasteiger charge is -2.22. The maximum atomic E-state index is 12.1. The number of carboxylic acids is 1. The van der Waals surface area contributed by atoms with Crippen LogP contribution in [0.1, 0.15) is 21.5 Å². The van der Waals surface area contributed by atoms with E-state index in [1.807, 2.05) is 29.2 Å². The first kappa shape index (κ1) is 19.0. The lowest BCUT2D eigenvalue weighted by atomic mass is 10.1. The number of sulfonamides is 1. The summed E-state index contributed by atoms with van der Waals surface area (Å²) < 4.78 is 30.0. The molecular formula is C21H18N2O5S. The third-order valence-corrected chi connectivity index (χ3v) is 5.68. The van der Waals surface area contributed by atoms with Gasteiger partial charge in [-0.2, -0.15) is 0 Å². The molecule has 0 atom stereocenters. The Kier molecular flexibility index (Phi) is 4.73. The number of anilines is 1. The normalized spacial score (nSPS) is 13.2. The number of benzene rings is 3. The summed E-state index contributed by atoms with van der Waals surface area (Å²) in [6, 6.07) is 18.9. The van der Waals surface area contributed by atoms with E-state index >= 15 is 0 Å². The summed E-state index contributed by atoms with van der Waals surface area (Å²) in [5.74, 6) is -0.849. The van der Waals surface area contributed by atoms with Crippen LogP contribution in [-0.2, 0) is 23.1 Å². The molecule has 3 aromatic carbocycles. The number of nitrogens with two attached hydrogens (primary N) is 1. The van der Waals surface area contributed by atoms with E-state index in [-0.39, 0.29) is 16.2 Å². The van der Waals surface area contributed by atoms with Gasteiger partial charge in [-0.05, 0) is 29.3 Å². The summed E-state index contributed by atoms with van der Waals surface area (Å²) in [5, 5.41) is 15.0. The van der Waals surface area contributed by atoms with Crippen LogP contribution in [0.2, 0.25) is 0 Å². The maximum absolute atomic E-state index is 12.1. The van der Waals surface area contributed by atoms with Crippen molar-refractivity contribution >= 4 is 21.7 Å². The van der Waals surface area contributed by atoms with E-state index in [0.717, 1.165) is 17.2 Å². The number of carboxylic acid groups (broad SMARTS) is 1. The topological polar surface area (TPSA) is 110 Å². The van der Waals surface area contributed by atoms with Crippen LogP contribution < -0.4 is 14.8 Å². The molecular weight excluding hydrogens is 392 g/mol. The molecule has 0 saturated heterocycles. The van der Waals surface area contributed by atoms with E-state index in [1.165, 1.54) is 6.07 Å². The summed E-state index contributed by atoms with van der Waals surface area (Å²) in [7, 11) is -4.21. The molecule has 0 spiro atoms. The van der Waals surface area contributed by atoms with Gasteiger partial charge in [0, 0.05) is 19.2 Å². The van der Waals surface area contributed by atoms with Crippen molar-refractivity contribution in [3.05, 3.63) is 83.4 Å². The second-order valence-electron chi connectivity index (χ2n) is 6.71. The van der Waals surface area contributed by atoms with Crippen molar-refractivity contribution in [2.45, 2.75) is 18.0 Å². The van der Waals surface area contributed by atoms with Gasteiger partial charge in [0.1, 0.15) is 16.4 Å². The minimum absolute atomic E-state index is 0.0188. The minimum atomic E-state index is -4.21. The van der Waals surface area contributed by atoms with Crippen molar-refractivity contribution in [1.29, 1.82) is 0 Å². The second-order valence-corrected chi connectivity index (χ2v) is 8.24. The van der Waals surface area contributed by atoms with Gasteiger partial charge in [-0.15, -0.1) is 0 Å². The summed E-state index contributed by atoms with van der Waals surface area (Å²) in [5.41, 5.74) is 2.39. The van der Waals surface area contributed by atoms with Crippen LogP contribution in [-0.4, -0.2) is 19.5 Å². The van der Waals surface area contributed by atoms with Crippen LogP contribution in [0.5, 0.6) is 11.5 Å². The smallest absolute Gasteiger partial charge is 0.337 e. The zero-order valence-corrected chi connectivity index (χ0v) is 16.1. The molecule has 0 aliphatic carbocycles. The first-order chi connectivity index (χ1) is 13.8. The summed E-state index contributed by atoms with van der Waals surface area (Å²) in [4.78, 5) is 13.4. The van der Waals surface area contributed by atoms with Gasteiger partial charge in [0.2, 0.25) is 10.0 Å². The Morgan fingerprint density at radius 1 is 0.966 bits per heavy atom. The van der Waals surface area contributed by atoms with Crippen molar-refractivity contribution in [3.63, 3.8) is 0 Å². The van der Waals surface area contributed by atoms with Gasteiger partial charge in [-0.3, -0.25) is 0 Å². The lowest BCUT2D eigenvalue weighted by Crippen LogP contribution is -2.20. The molecule has 0 unspecified atom stereocenters. The van der Waals surface area contributed by atoms with E-state index < -0.39 is 16.0 Å². The van der Waals surface area contributed by atoms with Gasteiger partial charge in [-0.1, -0.05) is 42.5 Å². The first-order valence-electron chi connectivity index (χ1n) is 8.82. The van der Waals surface area contributed by atoms with E-state index in [0.29, 0.717) is 24.5 Å². The number of para-hydroxylation sites is 1. The molecule has 3 N–H and O–H groups in total. The molecule has 1 heterocycles. The zero-order valence-electron chi connectivity index (χ0n) is 15.3. The SMILES string of the molecule is NS(=O)(=O)c1cc(C(=O)O)c(N2Cc3ccccc3C2)cc1Oc1ccccc1. The maximum Gasteiger partial charge on any atom is 0.337 e. The molecule has 8 heteroatoms. The molecule has 3 aromatic rings. The molecule has 1 aliphatic heterocycles. The zero-order chi connectivity index (χ0) is 20.6. The fourth-order valence-corrected chi connectivity index (χ4v) is 4.07. The molecule has 0 bridgehead atoms. The number of aromatic carboxylic acids is 1. The number of rotatable bonds is 5. The number of fused-ring (bicyclic) bond motifs is 1. The Labute approximate surface area is 168 Å². The fraction of sp³-hybridized carbons (Fsp3) is 0.0952. The standard InChI is InChI=1S/C21H18N2O5S/c22-29(26,27)20-10-17(21(24)25)18(11-19(20)28-16-8-2-1-3-9-16)23-12-14-6-4-5-7-15(14)13-23/h1-11H,12-13H2,(H,24,25)(H2,22,26,27). The Balaban J connectivity index is 1.84. The lowest BCUT2D eigenvalue weighted by molar-refractivity contribution is 0.0697. The van der Waals surface area contributed by atoms with Crippen molar-refractivity contribution in [3.8, 4) is 11.5 Å². The van der Waals surface area contributed by atoms with Crippen molar-refractivity contribution in [2.24, 2.45) is 5.14 Å². The highest BCUT2D eigenvalue weighted by Crippen LogP contribution is 2.38. The third kappa shape index (κ3) is 3.80. The van der Waals surface area contributed by atoms with Crippen molar-refractivity contribution in [1.82, 2.24) is 0 Å². The van der Waals surface area contributed by atoms with Crippen LogP contribution >= 0.6 is 0 Å². The molecule has 29 heavy (non-hydrogen) atoms. The monoisotopic (exact) mass is 410 g/mol. The van der Waals surface area contributed by atoms with Crippen LogP contribution in [0.25, 0.3) is 0 Å². The van der Waals surface area contributed by atoms with Crippen LogP contribution in [0.15, 0.2) is 71.6 Å². The third-order valence-electron chi connectivity index (χ3n) is 4.75. The van der Waals surface area contributed by atoms with Crippen molar-refractivity contribution in [2.75, 3.05) is 4.90 Å². The highest BCUT2D eigenvalue weighted by molar-refractivity contribution is 7.89. The minimum Gasteiger partial charge on any atom is -0.478 e. The molecule has 7 nitrogen and oxygen atoms in total. The van der Waals surface area contributed by atoms with Crippen LogP contribution in [0.4, 0.5) is 5.69 Å². The van der Waals surface area contributed by atoms with Gasteiger partial charge >= 0.3 is 5.97 Å². The molecule has 0 fully saturated rings. The summed E-state index contributed by atoms with van der Waals surface area (Å²) >= 11 is 0. The molecule has 0 saturated carbocycles. The quantitative estimate of drug-likeness (QED) is 0.668. The van der Waals surface area contributed by atoms with Gasteiger partial charge in [0.25, 0.3) is 0 Å². The van der Waals surface area contributed by atoms with E-state index in [4.69, 9.17) is 9.88 Å². The van der Waals surface area contributed by atoms with Crippen molar-refractivity contribution < 1.29 is 23.1 Å². The number of hydrogen-bond donors (Lipinski definition) is 2. The molecule has 0 amide bonds. The van der Waals surface area contributed by atoms with E-state index in [9.17, 15) is 18.3 Å². The highest BCUT2D eigenvalue weighted by atomic mass is 32.2. The number of nitrogens with zero attached hydrogens (tertiary/aromatic N) is 1. The Hall–Kier alpha value is -3.36. The van der Waals surface area contributed by atoms with Crippen LogP contribution in [0.3, 0.4) is 0 Å². The van der Waals surface area contributed by atoms with Gasteiger partial charge in [0.05, 0.1) is 11.3 Å². The first-order valence-corrected chi connectivity index (χ1v) is 10.4. The largest absolute Gasteiger partial charge is 0.478 e. The average molecular weight is 410 g/mol. The van der Waals surface area contributed by atoms with Gasteiger partial charge in [0.15, 0.2) is 0 Å². The van der Waals surface area contributed by atoms with Crippen LogP contribution in [0, 0.1) is 0 Å². The molecule has 148 valence electrons. The molecule has 0 aromatic heterocycles. The van der Waals surface area contributed by atoms with Gasteiger partial charge in [-0.25, -0.2) is 18.4 Å². The summed E-state index contributed by atoms with van der Waals surface area (Å²) in [6.07, 6.45) is 0. The Bertz CT molecular complexity index is 1170. The molecule has 1 aliphatic rings. The number of primary sulfonamides is 1. The number of hydrogen-bond acceptors (Lipinski definition) is 5.